The molecule has 2 heterocycles. The molecule has 0 aliphatic rings. The summed E-state index contributed by atoms with van der Waals surface area (Å²) in [5, 5.41) is 54.8. The van der Waals surface area contributed by atoms with E-state index in [1.807, 2.05) is 0 Å². The maximum absolute atomic E-state index is 13.0. The lowest BCUT2D eigenvalue weighted by Crippen LogP contribution is -2.15. The van der Waals surface area contributed by atoms with Crippen molar-refractivity contribution in [2.45, 2.75) is 12.3 Å². The number of nitrogens with zero attached hydrogens (tertiary/aromatic N) is 2. The van der Waals surface area contributed by atoms with Gasteiger partial charge in [0.2, 0.25) is 11.2 Å². The highest BCUT2D eigenvalue weighted by molar-refractivity contribution is 5.92. The number of fused-ring (bicyclic) bond motifs is 1. The number of aryl methyl sites for hydroxylation is 1. The lowest BCUT2D eigenvalue weighted by atomic mass is 9.89. The molecule has 5 N–H and O–H groups in total. The average molecular weight is 468 g/mol. The minimum absolute atomic E-state index is 0.0249. The molecular formula is C23H20N2O9. The molecule has 2 aromatic heterocycles. The number of phenolic OH excluding ortho intramolecular Hbond substituents is 4. The summed E-state index contributed by atoms with van der Waals surface area (Å²) in [5.74, 6) is -4.90. The van der Waals surface area contributed by atoms with E-state index in [1.54, 1.807) is 13.1 Å². The molecule has 34 heavy (non-hydrogen) atoms. The maximum Gasteiger partial charge on any atom is 0.306 e. The fourth-order valence-corrected chi connectivity index (χ4v) is 3.87. The Hall–Kier alpha value is -4.67. The van der Waals surface area contributed by atoms with Crippen LogP contribution in [0.25, 0.3) is 22.3 Å². The molecule has 4 aromatic rings. The topological polar surface area (TPSA) is 175 Å². The van der Waals surface area contributed by atoms with Gasteiger partial charge in [-0.25, -0.2) is 0 Å². The first-order valence-corrected chi connectivity index (χ1v) is 9.95. The number of benzene rings is 2. The summed E-state index contributed by atoms with van der Waals surface area (Å²) in [4.78, 5) is 25.3. The van der Waals surface area contributed by atoms with Gasteiger partial charge in [-0.05, 0) is 24.3 Å². The highest BCUT2D eigenvalue weighted by Gasteiger charge is 2.31. The molecule has 0 unspecified atom stereocenters. The molecule has 11 heteroatoms. The number of aromatic hydroxyl groups is 5. The SMILES string of the molecule is COC(=O)C[C@@H](c1c(O)cc(O)c2c(=O)c(O)c(-c3ccc(O)c(O)c3)oc12)c1ccnn1C. The quantitative estimate of drug-likeness (QED) is 0.216. The van der Waals surface area contributed by atoms with Gasteiger partial charge in [-0.15, -0.1) is 0 Å². The molecular weight excluding hydrogens is 448 g/mol. The second-order valence-electron chi connectivity index (χ2n) is 7.56. The summed E-state index contributed by atoms with van der Waals surface area (Å²) in [6.07, 6.45) is 1.20. The average Bonchev–Trinajstić information content (AvgIpc) is 3.22. The van der Waals surface area contributed by atoms with E-state index >= 15 is 0 Å². The number of aromatic nitrogens is 2. The number of carbonyl (C=O) groups is 1. The van der Waals surface area contributed by atoms with Gasteiger partial charge in [0.05, 0.1) is 13.5 Å². The van der Waals surface area contributed by atoms with Crippen molar-refractivity contribution < 1.29 is 39.5 Å². The van der Waals surface area contributed by atoms with E-state index in [1.165, 1.54) is 24.1 Å². The zero-order chi connectivity index (χ0) is 24.7. The Balaban J connectivity index is 2.10. The van der Waals surface area contributed by atoms with E-state index in [9.17, 15) is 35.1 Å². The van der Waals surface area contributed by atoms with Crippen molar-refractivity contribution >= 4 is 16.9 Å². The molecule has 0 amide bonds. The predicted molar refractivity (Wildman–Crippen MR) is 118 cm³/mol. The van der Waals surface area contributed by atoms with Crippen molar-refractivity contribution in [1.82, 2.24) is 9.78 Å². The van der Waals surface area contributed by atoms with Gasteiger partial charge >= 0.3 is 5.97 Å². The van der Waals surface area contributed by atoms with Gasteiger partial charge in [0.25, 0.3) is 0 Å². The van der Waals surface area contributed by atoms with Crippen molar-refractivity contribution in [1.29, 1.82) is 0 Å². The molecule has 4 rings (SSSR count). The molecule has 0 aliphatic heterocycles. The molecule has 0 spiro atoms. The Kier molecular flexibility index (Phi) is 5.53. The van der Waals surface area contributed by atoms with Crippen LogP contribution in [0.15, 0.2) is 45.7 Å². The molecule has 0 aliphatic carbocycles. The third-order valence-corrected chi connectivity index (χ3v) is 5.54. The van der Waals surface area contributed by atoms with Crippen LogP contribution in [0.1, 0.15) is 23.6 Å². The van der Waals surface area contributed by atoms with E-state index in [-0.39, 0.29) is 28.9 Å². The fourth-order valence-electron chi connectivity index (χ4n) is 3.87. The molecule has 0 saturated heterocycles. The molecule has 11 nitrogen and oxygen atoms in total. The third kappa shape index (κ3) is 3.62. The van der Waals surface area contributed by atoms with Crippen LogP contribution in [0.5, 0.6) is 28.7 Å². The Morgan fingerprint density at radius 1 is 1.06 bits per heavy atom. The van der Waals surface area contributed by atoms with Crippen molar-refractivity contribution in [2.24, 2.45) is 7.05 Å². The lowest BCUT2D eigenvalue weighted by molar-refractivity contribution is -0.140. The van der Waals surface area contributed by atoms with Crippen LogP contribution in [0.4, 0.5) is 0 Å². The van der Waals surface area contributed by atoms with Gasteiger partial charge in [0.15, 0.2) is 17.3 Å². The van der Waals surface area contributed by atoms with Crippen molar-refractivity contribution in [3.8, 4) is 40.1 Å². The minimum atomic E-state index is -1.01. The molecule has 0 bridgehead atoms. The molecule has 1 atom stereocenters. The highest BCUT2D eigenvalue weighted by atomic mass is 16.5. The van der Waals surface area contributed by atoms with Crippen LogP contribution >= 0.6 is 0 Å². The van der Waals surface area contributed by atoms with E-state index in [0.29, 0.717) is 5.69 Å². The summed E-state index contributed by atoms with van der Waals surface area (Å²) in [7, 11) is 2.82. The van der Waals surface area contributed by atoms with Crippen LogP contribution < -0.4 is 5.43 Å². The van der Waals surface area contributed by atoms with Crippen LogP contribution in [0.2, 0.25) is 0 Å². The van der Waals surface area contributed by atoms with Crippen LogP contribution in [0, 0.1) is 0 Å². The van der Waals surface area contributed by atoms with E-state index in [0.717, 1.165) is 18.2 Å². The van der Waals surface area contributed by atoms with Gasteiger partial charge in [-0.3, -0.25) is 14.3 Å². The third-order valence-electron chi connectivity index (χ3n) is 5.54. The number of rotatable bonds is 5. The Labute approximate surface area is 191 Å². The number of hydrogen-bond donors (Lipinski definition) is 5. The van der Waals surface area contributed by atoms with Crippen LogP contribution in [0.3, 0.4) is 0 Å². The lowest BCUT2D eigenvalue weighted by Gasteiger charge is -2.20. The number of ether oxygens (including phenoxy) is 1. The second kappa shape index (κ2) is 8.35. The fraction of sp³-hybridized carbons (Fsp3) is 0.174. The summed E-state index contributed by atoms with van der Waals surface area (Å²) in [6.45, 7) is 0. The summed E-state index contributed by atoms with van der Waals surface area (Å²) < 4.78 is 12.1. The molecule has 0 saturated carbocycles. The first-order valence-electron chi connectivity index (χ1n) is 9.95. The second-order valence-corrected chi connectivity index (χ2v) is 7.56. The number of carbonyl (C=O) groups excluding carboxylic acids is 1. The van der Waals surface area contributed by atoms with Gasteiger partial charge in [-0.1, -0.05) is 0 Å². The number of phenols is 4. The number of hydrogen-bond acceptors (Lipinski definition) is 10. The van der Waals surface area contributed by atoms with Crippen LogP contribution in [-0.4, -0.2) is 48.4 Å². The van der Waals surface area contributed by atoms with Gasteiger partial charge in [0.1, 0.15) is 22.5 Å². The van der Waals surface area contributed by atoms with Gasteiger partial charge < -0.3 is 34.7 Å². The molecule has 2 aromatic carbocycles. The highest BCUT2D eigenvalue weighted by Crippen LogP contribution is 2.44. The largest absolute Gasteiger partial charge is 0.507 e. The molecule has 0 radical (unpaired) electrons. The summed E-state index contributed by atoms with van der Waals surface area (Å²) in [6, 6.07) is 6.00. The first-order chi connectivity index (χ1) is 16.1. The minimum Gasteiger partial charge on any atom is -0.507 e. The number of esters is 1. The van der Waals surface area contributed by atoms with E-state index in [4.69, 9.17) is 9.15 Å². The van der Waals surface area contributed by atoms with Crippen molar-refractivity contribution in [3.63, 3.8) is 0 Å². The van der Waals surface area contributed by atoms with E-state index < -0.39 is 51.4 Å². The maximum atomic E-state index is 13.0. The smallest absolute Gasteiger partial charge is 0.306 e. The normalized spacial score (nSPS) is 12.1. The molecule has 0 fully saturated rings. The Morgan fingerprint density at radius 2 is 1.79 bits per heavy atom. The van der Waals surface area contributed by atoms with Crippen molar-refractivity contribution in [3.05, 3.63) is 58.0 Å². The van der Waals surface area contributed by atoms with E-state index in [2.05, 4.69) is 5.10 Å². The van der Waals surface area contributed by atoms with Gasteiger partial charge in [0, 0.05) is 42.0 Å². The zero-order valence-corrected chi connectivity index (χ0v) is 18.0. The Morgan fingerprint density at radius 3 is 2.41 bits per heavy atom. The molecule has 176 valence electrons. The van der Waals surface area contributed by atoms with Crippen LogP contribution in [-0.2, 0) is 16.6 Å². The predicted octanol–water partition coefficient (Wildman–Crippen LogP) is 2.42. The monoisotopic (exact) mass is 468 g/mol. The summed E-state index contributed by atoms with van der Waals surface area (Å²) in [5.41, 5.74) is -0.830. The first kappa shape index (κ1) is 22.5. The van der Waals surface area contributed by atoms with Gasteiger partial charge in [-0.2, -0.15) is 5.10 Å². The zero-order valence-electron chi connectivity index (χ0n) is 18.0. The standard InChI is InChI=1S/C23H20N2O9/c1-25-12(5-6-24-25)11(8-17(30)33-2)18-15(28)9-16(29)19-20(31)21(32)22(34-23(18)19)10-3-4-13(26)14(27)7-10/h3-7,9,11,26-29,32H,8H2,1-2H3/t11-/m1/s1. The Bertz CT molecular complexity index is 1490. The summed E-state index contributed by atoms with van der Waals surface area (Å²) >= 11 is 0. The number of methoxy groups -OCH3 is 1. The van der Waals surface area contributed by atoms with Crippen molar-refractivity contribution in [2.75, 3.05) is 7.11 Å².